The topological polar surface area (TPSA) is 676 Å². The minimum atomic E-state index is -1.96. The van der Waals surface area contributed by atoms with Crippen LogP contribution in [0.25, 0.3) is 0 Å². The average molecular weight is 1660 g/mol. The highest BCUT2D eigenvalue weighted by atomic mass is 16.8. The first-order chi connectivity index (χ1) is 54.7. The largest absolute Gasteiger partial charge is 0.463 e. The molecule has 12 fully saturated rings. The summed E-state index contributed by atoms with van der Waals surface area (Å²) in [6.45, 7) is -3.67. The van der Waals surface area contributed by atoms with Crippen molar-refractivity contribution in [2.45, 2.75) is 354 Å². The molecule has 0 bridgehead atoms. The molecule has 12 aliphatic rings. The van der Waals surface area contributed by atoms with Crippen LogP contribution < -0.4 is 0 Å². The summed E-state index contributed by atoms with van der Waals surface area (Å²) in [5.74, 6) is -6.87. The first kappa shape index (κ1) is 90.6. The smallest absolute Gasteiger partial charge is 0.330 e. The van der Waals surface area contributed by atoms with Gasteiger partial charge >= 0.3 is 17.9 Å². The Balaban J connectivity index is 0.606. The molecule has 24 N–H and O–H groups in total. The van der Waals surface area contributed by atoms with Crippen molar-refractivity contribution >= 4 is 23.7 Å². The molecule has 7 heterocycles. The van der Waals surface area contributed by atoms with Crippen molar-refractivity contribution in [3.63, 3.8) is 0 Å². The number of esters is 3. The van der Waals surface area contributed by atoms with Gasteiger partial charge in [-0.1, -0.05) is 6.08 Å². The number of ether oxygens (including phenoxy) is 15. The van der Waals surface area contributed by atoms with E-state index >= 15 is 0 Å². The number of carbonyl (C=O) groups excluding carboxylic acids is 4. The molecule has 39 unspecified atom stereocenters. The lowest BCUT2D eigenvalue weighted by Gasteiger charge is -2.51. The fourth-order valence-electron chi connectivity index (χ4n) is 18.3. The summed E-state index contributed by atoms with van der Waals surface area (Å²) in [5.41, 5.74) is 0. The molecule has 39 atom stereocenters. The molecule has 0 aromatic carbocycles. The predicted molar refractivity (Wildman–Crippen MR) is 369 cm³/mol. The Hall–Kier alpha value is -3.58. The number of aliphatic hydroxyl groups is 25. The maximum absolute atomic E-state index is 14.7. The molecule has 5 saturated carbocycles. The van der Waals surface area contributed by atoms with E-state index in [0.717, 1.165) is 0 Å². The van der Waals surface area contributed by atoms with Crippen LogP contribution in [0.15, 0.2) is 12.2 Å². The molecule has 5 aliphatic carbocycles. The van der Waals surface area contributed by atoms with Crippen molar-refractivity contribution in [3.05, 3.63) is 12.2 Å². The molecular weight excluding hydrogens is 1550 g/mol. The fourth-order valence-corrected chi connectivity index (χ4v) is 18.3. The van der Waals surface area contributed by atoms with Crippen LogP contribution in [-0.4, -0.2) is 424 Å². The van der Waals surface area contributed by atoms with E-state index in [1.54, 1.807) is 6.08 Å². The number of fused-ring (bicyclic) bond motifs is 2. The molecular formula is C73H115O42+. The quantitative estimate of drug-likeness (QED) is 0.0175. The molecule has 0 aromatic heterocycles. The predicted octanol–water partition coefficient (Wildman–Crippen LogP) is -11.3. The van der Waals surface area contributed by atoms with Crippen molar-refractivity contribution in [1.82, 2.24) is 0 Å². The Morgan fingerprint density at radius 2 is 0.817 bits per heavy atom. The summed E-state index contributed by atoms with van der Waals surface area (Å²) in [6, 6.07) is 0. The standard InChI is InChI=1S/C73H114O42/c74-20-40-50(85)56(91)61(96)70(110-40)106-31-16-34(78)48-38(18-31)108-67(68(55(48)90)115-73-65(100)57(92)51(86)41(21-75)111-73)26-4-8-29(9-5-26)104-69-62(97)58(93)52(87)42(112-69)22-102-46(82)11-12-47(83)103-23-43-53(88)59(94)63(98)71(113-43)105-30-15-33(77)32-19-39(66(107-37(32)17-30)27-13-35(79)49(84)36(80)14-27)109-72-64(99)60(95)54(89)44(114-72)24-101-45(81)10-3-25-1-6-28(76)7-2-25/h3,10,25-44,48-54,56-80,84-89,91-100H,1-2,4-9,11-24H2/p+1. The van der Waals surface area contributed by atoms with Gasteiger partial charge in [-0.3, -0.25) is 14.4 Å². The van der Waals surface area contributed by atoms with Crippen LogP contribution in [0.4, 0.5) is 0 Å². The number of hydrogen-bond acceptors (Lipinski definition) is 41. The van der Waals surface area contributed by atoms with Gasteiger partial charge in [-0.25, -0.2) is 4.79 Å². The zero-order valence-corrected chi connectivity index (χ0v) is 62.8. The summed E-state index contributed by atoms with van der Waals surface area (Å²) in [7, 11) is 0. The summed E-state index contributed by atoms with van der Waals surface area (Å²) in [5, 5.41) is 248. The highest BCUT2D eigenvalue weighted by molar-refractivity contribution is 5.88. The number of carbonyl (C=O) groups is 4. The summed E-state index contributed by atoms with van der Waals surface area (Å²) < 4.78 is 87.1. The molecule has 115 heavy (non-hydrogen) atoms. The molecule has 12 rings (SSSR count). The van der Waals surface area contributed by atoms with E-state index in [0.29, 0.717) is 25.7 Å². The number of ketones is 1. The van der Waals surface area contributed by atoms with Crippen LogP contribution in [0, 0.1) is 29.6 Å². The van der Waals surface area contributed by atoms with Gasteiger partial charge in [0.2, 0.25) is 0 Å². The zero-order chi connectivity index (χ0) is 82.9. The van der Waals surface area contributed by atoms with Gasteiger partial charge in [-0.2, -0.15) is 0 Å². The second-order valence-electron chi connectivity index (χ2n) is 32.9. The van der Waals surface area contributed by atoms with E-state index < -0.39 is 338 Å². The lowest BCUT2D eigenvalue weighted by atomic mass is 9.72. The Morgan fingerprint density at radius 1 is 0.391 bits per heavy atom. The molecule has 658 valence electrons. The highest BCUT2D eigenvalue weighted by Gasteiger charge is 2.61. The number of hydrogen-bond donors (Lipinski definition) is 23. The number of Topliss-reactive ketones (excluding diaryl/α,β-unsaturated/α-hetero) is 1. The van der Waals surface area contributed by atoms with Gasteiger partial charge < -0.3 is 189 Å². The fraction of sp³-hybridized carbons (Fsp3) is 0.918. The Morgan fingerprint density at radius 3 is 1.30 bits per heavy atom. The minimum Gasteiger partial charge on any atom is -0.463 e. The van der Waals surface area contributed by atoms with Crippen molar-refractivity contribution < 1.29 is 208 Å². The van der Waals surface area contributed by atoms with Crippen LogP contribution >= 0.6 is 0 Å². The van der Waals surface area contributed by atoms with E-state index in [9.17, 15) is 137 Å². The molecule has 42 nitrogen and oxygen atoms in total. The number of aliphatic hydroxyl groups excluding tert-OH is 23. The van der Waals surface area contributed by atoms with Gasteiger partial charge in [0.25, 0.3) is 0 Å². The average Bonchev–Trinajstić information content (AvgIpc) is 0.750. The van der Waals surface area contributed by atoms with E-state index in [-0.39, 0.29) is 76.5 Å². The van der Waals surface area contributed by atoms with Crippen LogP contribution in [0.3, 0.4) is 0 Å². The van der Waals surface area contributed by atoms with Gasteiger partial charge in [-0.05, 0) is 82.5 Å². The van der Waals surface area contributed by atoms with Crippen LogP contribution in [0.5, 0.6) is 0 Å². The highest BCUT2D eigenvalue weighted by Crippen LogP contribution is 2.47. The molecule has 0 aromatic rings. The lowest BCUT2D eigenvalue weighted by molar-refractivity contribution is -0.363. The van der Waals surface area contributed by atoms with Gasteiger partial charge in [0.1, 0.15) is 160 Å². The molecule has 0 radical (unpaired) electrons. The van der Waals surface area contributed by atoms with Crippen molar-refractivity contribution in [2.75, 3.05) is 33.0 Å². The van der Waals surface area contributed by atoms with E-state index in [2.05, 4.69) is 0 Å². The SMILES string of the molecule is O=C(C=CC1CCC(O)CC1)OCC1OC(OC2CC3C(O)CC(OC4OC(COC(=O)CCC(=O)OCC5OC(OC6CCC(C7OC8CC(OC9OC(CO)C(O)C(O)C9O)CC(O)C8C(=O)C7OC7OC(CO)C(O)C(O)C7O)CC6)C(O)C(O)C5O)C(O)C(O)C4O)CC3[OH+]C2C2CC(O)C(O)C(O)C2)C(O)C(O)C1O. The third-order valence-electron chi connectivity index (χ3n) is 25.1. The van der Waals surface area contributed by atoms with Gasteiger partial charge in [0.15, 0.2) is 49.4 Å². The Bertz CT molecular complexity index is 3130. The maximum Gasteiger partial charge on any atom is 0.330 e. The second kappa shape index (κ2) is 39.7. The van der Waals surface area contributed by atoms with Crippen molar-refractivity contribution in [2.24, 2.45) is 29.6 Å². The summed E-state index contributed by atoms with van der Waals surface area (Å²) >= 11 is 0. The molecule has 7 saturated heterocycles. The first-order valence-corrected chi connectivity index (χ1v) is 39.8. The van der Waals surface area contributed by atoms with Crippen LogP contribution in [0.2, 0.25) is 0 Å². The number of allylic oxidation sites excluding steroid dienone is 1. The van der Waals surface area contributed by atoms with E-state index in [1.165, 1.54) is 6.08 Å². The normalized spacial score (nSPS) is 50.0. The van der Waals surface area contributed by atoms with Crippen molar-refractivity contribution in [3.8, 4) is 0 Å². The molecule has 0 spiro atoms. The monoisotopic (exact) mass is 1660 g/mol. The molecule has 7 aliphatic heterocycles. The Labute approximate surface area is 658 Å². The van der Waals surface area contributed by atoms with E-state index in [1.807, 2.05) is 0 Å². The van der Waals surface area contributed by atoms with Gasteiger partial charge in [0.05, 0.1) is 98.9 Å². The summed E-state index contributed by atoms with van der Waals surface area (Å²) in [6.07, 6.45) is -56.6. The van der Waals surface area contributed by atoms with Gasteiger partial charge in [-0.15, -0.1) is 0 Å². The van der Waals surface area contributed by atoms with Gasteiger partial charge in [0, 0.05) is 37.7 Å². The van der Waals surface area contributed by atoms with Crippen LogP contribution in [-0.2, 0) is 85.5 Å². The number of rotatable bonds is 25. The Kier molecular flexibility index (Phi) is 31.3. The maximum atomic E-state index is 14.7. The lowest BCUT2D eigenvalue weighted by Crippen LogP contribution is -2.65. The molecule has 0 amide bonds. The van der Waals surface area contributed by atoms with E-state index in [4.69, 9.17) is 71.1 Å². The van der Waals surface area contributed by atoms with Crippen molar-refractivity contribution in [1.29, 1.82) is 0 Å². The molecule has 42 heteroatoms. The third-order valence-corrected chi connectivity index (χ3v) is 25.1. The second-order valence-corrected chi connectivity index (χ2v) is 32.9. The third kappa shape index (κ3) is 20.9. The zero-order valence-electron chi connectivity index (χ0n) is 62.8. The van der Waals surface area contributed by atoms with Crippen LogP contribution in [0.1, 0.15) is 109 Å². The first-order valence-electron chi connectivity index (χ1n) is 39.8. The minimum absolute atomic E-state index is 0.0142. The summed E-state index contributed by atoms with van der Waals surface area (Å²) in [4.78, 5) is 53.7.